The largest absolute Gasteiger partial charge is 0.496 e. The quantitative estimate of drug-likeness (QED) is 0.463. The van der Waals surface area contributed by atoms with Gasteiger partial charge in [0, 0.05) is 11.1 Å². The van der Waals surface area contributed by atoms with Gasteiger partial charge in [-0.05, 0) is 31.4 Å². The molecule has 3 nitrogen and oxygen atoms in total. The molecule has 0 spiro atoms. The number of carbonyl (C=O) groups is 2. The van der Waals surface area contributed by atoms with Crippen molar-refractivity contribution in [1.82, 2.24) is 0 Å². The molecule has 25 heavy (non-hydrogen) atoms. The van der Waals surface area contributed by atoms with E-state index in [1.54, 1.807) is 19.3 Å². The summed E-state index contributed by atoms with van der Waals surface area (Å²) in [7, 11) is 1.59. The van der Waals surface area contributed by atoms with Crippen LogP contribution in [0.3, 0.4) is 0 Å². The summed E-state index contributed by atoms with van der Waals surface area (Å²) >= 11 is 0. The number of benzene rings is 1. The van der Waals surface area contributed by atoms with Gasteiger partial charge in [0.05, 0.1) is 7.11 Å². The number of unbranched alkanes of at least 4 members (excludes halogenated alkanes) is 2. The average molecular weight is 340 g/mol. The first-order valence-corrected chi connectivity index (χ1v) is 9.21. The van der Waals surface area contributed by atoms with Crippen LogP contribution in [0.4, 0.5) is 0 Å². The first kappa shape index (κ1) is 19.2. The predicted molar refractivity (Wildman–Crippen MR) is 101 cm³/mol. The summed E-state index contributed by atoms with van der Waals surface area (Å²) in [6, 6.07) is 9.63. The normalized spacial score (nSPS) is 20.8. The molecule has 134 valence electrons. The Morgan fingerprint density at radius 3 is 2.36 bits per heavy atom. The van der Waals surface area contributed by atoms with E-state index in [0.29, 0.717) is 24.2 Å². The second-order valence-corrected chi connectivity index (χ2v) is 6.62. The number of ether oxygens (including phenoxy) is 1. The predicted octanol–water partition coefficient (Wildman–Crippen LogP) is 5.12. The molecule has 1 aliphatic carbocycles. The molecule has 0 fully saturated rings. The molecule has 3 heteroatoms. The lowest BCUT2D eigenvalue weighted by Gasteiger charge is -2.24. The van der Waals surface area contributed by atoms with Gasteiger partial charge in [-0.3, -0.25) is 9.59 Å². The summed E-state index contributed by atoms with van der Waals surface area (Å²) in [6.07, 6.45) is 8.24. The molecule has 0 saturated heterocycles. The SMILES string of the molecule is CCCCC1=CC(=O)C(/C=C(\OC)c2ccccc2)(CCCC)C1=O. The minimum Gasteiger partial charge on any atom is -0.496 e. The molecule has 1 aromatic carbocycles. The van der Waals surface area contributed by atoms with Gasteiger partial charge in [0.25, 0.3) is 0 Å². The molecule has 1 atom stereocenters. The van der Waals surface area contributed by atoms with Gasteiger partial charge in [-0.2, -0.15) is 0 Å². The van der Waals surface area contributed by atoms with Crippen molar-refractivity contribution < 1.29 is 14.3 Å². The molecule has 0 amide bonds. The second kappa shape index (κ2) is 8.80. The van der Waals surface area contributed by atoms with Crippen LogP contribution in [0.1, 0.15) is 57.9 Å². The van der Waals surface area contributed by atoms with Crippen LogP contribution in [0.2, 0.25) is 0 Å². The van der Waals surface area contributed by atoms with Crippen LogP contribution in [0.25, 0.3) is 5.76 Å². The second-order valence-electron chi connectivity index (χ2n) is 6.62. The topological polar surface area (TPSA) is 43.4 Å². The molecule has 0 aromatic heterocycles. The van der Waals surface area contributed by atoms with E-state index < -0.39 is 5.41 Å². The van der Waals surface area contributed by atoms with E-state index in [4.69, 9.17) is 4.74 Å². The minimum atomic E-state index is -1.10. The summed E-state index contributed by atoms with van der Waals surface area (Å²) in [5.74, 6) is 0.455. The van der Waals surface area contributed by atoms with Crippen molar-refractivity contribution in [3.63, 3.8) is 0 Å². The zero-order chi connectivity index (χ0) is 18.3. The van der Waals surface area contributed by atoms with Crippen LogP contribution in [0, 0.1) is 5.41 Å². The van der Waals surface area contributed by atoms with Gasteiger partial charge >= 0.3 is 0 Å². The highest BCUT2D eigenvalue weighted by molar-refractivity contribution is 6.26. The van der Waals surface area contributed by atoms with Crippen molar-refractivity contribution in [2.45, 2.75) is 52.4 Å². The van der Waals surface area contributed by atoms with Crippen molar-refractivity contribution in [2.24, 2.45) is 5.41 Å². The Labute approximate surface area is 150 Å². The Kier molecular flexibility index (Phi) is 6.74. The van der Waals surface area contributed by atoms with Crippen LogP contribution in [0.5, 0.6) is 0 Å². The molecule has 1 unspecified atom stereocenters. The maximum Gasteiger partial charge on any atom is 0.176 e. The summed E-state index contributed by atoms with van der Waals surface area (Å²) < 4.78 is 5.55. The first-order chi connectivity index (χ1) is 12.1. The molecule has 1 aromatic rings. The highest BCUT2D eigenvalue weighted by Gasteiger charge is 2.48. The molecule has 0 bridgehead atoms. The molecule has 2 rings (SSSR count). The molecule has 0 heterocycles. The van der Waals surface area contributed by atoms with Crippen LogP contribution < -0.4 is 0 Å². The van der Waals surface area contributed by atoms with Gasteiger partial charge in [0.1, 0.15) is 11.2 Å². The van der Waals surface area contributed by atoms with E-state index >= 15 is 0 Å². The number of carbonyl (C=O) groups excluding carboxylic acids is 2. The van der Waals surface area contributed by atoms with Crippen LogP contribution in [0.15, 0.2) is 48.1 Å². The fourth-order valence-corrected chi connectivity index (χ4v) is 3.29. The lowest BCUT2D eigenvalue weighted by molar-refractivity contribution is -0.131. The van der Waals surface area contributed by atoms with Crippen molar-refractivity contribution in [3.8, 4) is 0 Å². The van der Waals surface area contributed by atoms with Crippen molar-refractivity contribution >= 4 is 17.3 Å². The highest BCUT2D eigenvalue weighted by atomic mass is 16.5. The number of hydrogen-bond donors (Lipinski definition) is 0. The summed E-state index contributed by atoms with van der Waals surface area (Å²) in [4.78, 5) is 26.0. The molecular weight excluding hydrogens is 312 g/mol. The Balaban J connectivity index is 2.43. The standard InChI is InChI=1S/C22H28O3/c1-4-6-11-18-15-20(23)22(21(18)24,14-7-5-2)16-19(25-3)17-12-9-8-10-13-17/h8-10,12-13,15-16H,4-7,11,14H2,1-3H3/b19-16-. The third kappa shape index (κ3) is 4.09. The average Bonchev–Trinajstić information content (AvgIpc) is 2.87. The van der Waals surface area contributed by atoms with Gasteiger partial charge in [-0.1, -0.05) is 63.4 Å². The zero-order valence-electron chi connectivity index (χ0n) is 15.5. The first-order valence-electron chi connectivity index (χ1n) is 9.21. The zero-order valence-corrected chi connectivity index (χ0v) is 15.5. The molecule has 0 aliphatic heterocycles. The maximum atomic E-state index is 13.1. The monoisotopic (exact) mass is 340 g/mol. The van der Waals surface area contributed by atoms with Crippen LogP contribution in [-0.4, -0.2) is 18.7 Å². The third-order valence-corrected chi connectivity index (χ3v) is 4.82. The van der Waals surface area contributed by atoms with Crippen molar-refractivity contribution in [2.75, 3.05) is 7.11 Å². The van der Waals surface area contributed by atoms with Gasteiger partial charge in [-0.25, -0.2) is 0 Å². The van der Waals surface area contributed by atoms with Crippen LogP contribution >= 0.6 is 0 Å². The fraction of sp³-hybridized carbons (Fsp3) is 0.455. The van der Waals surface area contributed by atoms with Gasteiger partial charge in [-0.15, -0.1) is 0 Å². The smallest absolute Gasteiger partial charge is 0.176 e. The number of rotatable bonds is 9. The number of Topliss-reactive ketones (excluding diaryl/α,β-unsaturated/α-hetero) is 1. The summed E-state index contributed by atoms with van der Waals surface area (Å²) in [5, 5.41) is 0. The van der Waals surface area contributed by atoms with E-state index in [2.05, 4.69) is 13.8 Å². The van der Waals surface area contributed by atoms with E-state index in [9.17, 15) is 9.59 Å². The van der Waals surface area contributed by atoms with E-state index in [1.165, 1.54) is 0 Å². The van der Waals surface area contributed by atoms with Crippen LogP contribution in [-0.2, 0) is 14.3 Å². The van der Waals surface area contributed by atoms with Gasteiger partial charge in [0.15, 0.2) is 11.6 Å². The van der Waals surface area contributed by atoms with Gasteiger partial charge < -0.3 is 4.74 Å². The third-order valence-electron chi connectivity index (χ3n) is 4.82. The number of methoxy groups -OCH3 is 1. The lowest BCUT2D eigenvalue weighted by atomic mass is 9.76. The summed E-state index contributed by atoms with van der Waals surface area (Å²) in [6.45, 7) is 4.16. The van der Waals surface area contributed by atoms with E-state index in [1.807, 2.05) is 30.3 Å². The number of allylic oxidation sites excluding steroid dienone is 3. The Morgan fingerprint density at radius 2 is 1.76 bits per heavy atom. The van der Waals surface area contributed by atoms with Crippen molar-refractivity contribution in [1.29, 1.82) is 0 Å². The van der Waals surface area contributed by atoms with E-state index in [0.717, 1.165) is 31.2 Å². The Hall–Kier alpha value is -2.16. The molecule has 0 radical (unpaired) electrons. The minimum absolute atomic E-state index is 0.0371. The maximum absolute atomic E-state index is 13.1. The lowest BCUT2D eigenvalue weighted by Crippen LogP contribution is -2.33. The molecular formula is C22H28O3. The Morgan fingerprint density at radius 1 is 1.08 bits per heavy atom. The van der Waals surface area contributed by atoms with E-state index in [-0.39, 0.29) is 11.6 Å². The highest BCUT2D eigenvalue weighted by Crippen LogP contribution is 2.41. The molecule has 1 aliphatic rings. The Bertz CT molecular complexity index is 670. The molecule has 0 saturated carbocycles. The van der Waals surface area contributed by atoms with Gasteiger partial charge in [0.2, 0.25) is 0 Å². The molecule has 0 N–H and O–H groups in total. The number of ketones is 2. The van der Waals surface area contributed by atoms with Crippen molar-refractivity contribution in [3.05, 3.63) is 53.6 Å². The fourth-order valence-electron chi connectivity index (χ4n) is 3.29. The summed E-state index contributed by atoms with van der Waals surface area (Å²) in [5.41, 5.74) is 0.450. The number of hydrogen-bond acceptors (Lipinski definition) is 3.